The first-order chi connectivity index (χ1) is 11.3. The lowest BCUT2D eigenvalue weighted by atomic mass is 9.98. The molecule has 0 bridgehead atoms. The number of hydrogen-bond acceptors (Lipinski definition) is 3. The summed E-state index contributed by atoms with van der Waals surface area (Å²) in [7, 11) is -3.25. The van der Waals surface area contributed by atoms with Crippen LogP contribution in [0.5, 0.6) is 0 Å². The van der Waals surface area contributed by atoms with Crippen molar-refractivity contribution >= 4 is 27.5 Å². The SMILES string of the molecule is CCCS(=O)(=O)N1CCC[C@H](C(=O)N[C@@H](C)c2cccc(Cl)c2)C1. The van der Waals surface area contributed by atoms with Gasteiger partial charge in [0.1, 0.15) is 0 Å². The van der Waals surface area contributed by atoms with Crippen LogP contribution in [0, 0.1) is 5.92 Å². The number of halogens is 1. The van der Waals surface area contributed by atoms with Crippen molar-refractivity contribution in [2.45, 2.75) is 39.2 Å². The van der Waals surface area contributed by atoms with Gasteiger partial charge in [-0.05, 0) is 43.9 Å². The molecule has 1 fully saturated rings. The van der Waals surface area contributed by atoms with Gasteiger partial charge < -0.3 is 5.32 Å². The number of nitrogens with one attached hydrogen (secondary N) is 1. The van der Waals surface area contributed by atoms with Gasteiger partial charge in [-0.2, -0.15) is 0 Å². The third kappa shape index (κ3) is 4.94. The van der Waals surface area contributed by atoms with Gasteiger partial charge in [0.25, 0.3) is 0 Å². The molecule has 1 aliphatic heterocycles. The molecule has 0 saturated carbocycles. The van der Waals surface area contributed by atoms with E-state index in [-0.39, 0.29) is 30.2 Å². The molecule has 0 spiro atoms. The molecule has 1 N–H and O–H groups in total. The molecule has 0 unspecified atom stereocenters. The van der Waals surface area contributed by atoms with Crippen LogP contribution in [0.2, 0.25) is 5.02 Å². The molecule has 24 heavy (non-hydrogen) atoms. The predicted molar refractivity (Wildman–Crippen MR) is 96.4 cm³/mol. The zero-order chi connectivity index (χ0) is 17.7. The quantitative estimate of drug-likeness (QED) is 0.834. The van der Waals surface area contributed by atoms with E-state index in [2.05, 4.69) is 5.32 Å². The third-order valence-corrected chi connectivity index (χ3v) is 6.60. The van der Waals surface area contributed by atoms with Crippen LogP contribution in [0.25, 0.3) is 0 Å². The maximum absolute atomic E-state index is 12.5. The minimum atomic E-state index is -3.25. The minimum absolute atomic E-state index is 0.0983. The fourth-order valence-corrected chi connectivity index (χ4v) is 4.77. The maximum atomic E-state index is 12.5. The highest BCUT2D eigenvalue weighted by Gasteiger charge is 2.32. The summed E-state index contributed by atoms with van der Waals surface area (Å²) in [6.45, 7) is 4.53. The van der Waals surface area contributed by atoms with Crippen LogP contribution in [0.15, 0.2) is 24.3 Å². The Balaban J connectivity index is 1.99. The Hall–Kier alpha value is -1.11. The fourth-order valence-electron chi connectivity index (χ4n) is 2.99. The summed E-state index contributed by atoms with van der Waals surface area (Å²) in [4.78, 5) is 12.5. The third-order valence-electron chi connectivity index (χ3n) is 4.32. The average Bonchev–Trinajstić information content (AvgIpc) is 2.55. The number of benzene rings is 1. The zero-order valence-electron chi connectivity index (χ0n) is 14.2. The fraction of sp³-hybridized carbons (Fsp3) is 0.588. The largest absolute Gasteiger partial charge is 0.349 e. The van der Waals surface area contributed by atoms with E-state index < -0.39 is 10.0 Å². The van der Waals surface area contributed by atoms with E-state index in [0.29, 0.717) is 30.8 Å². The van der Waals surface area contributed by atoms with Gasteiger partial charge in [0.2, 0.25) is 15.9 Å². The zero-order valence-corrected chi connectivity index (χ0v) is 15.7. The smallest absolute Gasteiger partial charge is 0.224 e. The van der Waals surface area contributed by atoms with Crippen molar-refractivity contribution in [2.24, 2.45) is 5.92 Å². The Labute approximate surface area is 149 Å². The number of nitrogens with zero attached hydrogens (tertiary/aromatic N) is 1. The molecule has 7 heteroatoms. The van der Waals surface area contributed by atoms with Crippen LogP contribution in [0.3, 0.4) is 0 Å². The van der Waals surface area contributed by atoms with E-state index in [9.17, 15) is 13.2 Å². The monoisotopic (exact) mass is 372 g/mol. The lowest BCUT2D eigenvalue weighted by Gasteiger charge is -2.31. The number of carbonyl (C=O) groups excluding carboxylic acids is 1. The maximum Gasteiger partial charge on any atom is 0.224 e. The lowest BCUT2D eigenvalue weighted by molar-refractivity contribution is -0.126. The van der Waals surface area contributed by atoms with Crippen LogP contribution in [-0.4, -0.2) is 37.5 Å². The summed E-state index contributed by atoms with van der Waals surface area (Å²) in [5, 5.41) is 3.61. The Morgan fingerprint density at radius 2 is 2.21 bits per heavy atom. The first kappa shape index (κ1) is 19.2. The molecule has 1 aromatic carbocycles. The van der Waals surface area contributed by atoms with Crippen molar-refractivity contribution in [3.05, 3.63) is 34.9 Å². The second kappa shape index (κ2) is 8.32. The molecule has 2 rings (SSSR count). The van der Waals surface area contributed by atoms with Gasteiger partial charge >= 0.3 is 0 Å². The molecular weight excluding hydrogens is 348 g/mol. The molecule has 1 heterocycles. The minimum Gasteiger partial charge on any atom is -0.349 e. The normalized spacial score (nSPS) is 20.5. The van der Waals surface area contributed by atoms with Crippen LogP contribution in [0.4, 0.5) is 0 Å². The average molecular weight is 373 g/mol. The molecule has 5 nitrogen and oxygen atoms in total. The highest BCUT2D eigenvalue weighted by Crippen LogP contribution is 2.22. The summed E-state index contributed by atoms with van der Waals surface area (Å²) in [5.74, 6) is -0.258. The molecule has 1 amide bonds. The predicted octanol–water partition coefficient (Wildman–Crippen LogP) is 2.97. The first-order valence-electron chi connectivity index (χ1n) is 8.37. The summed E-state index contributed by atoms with van der Waals surface area (Å²) in [6.07, 6.45) is 2.01. The van der Waals surface area contributed by atoms with Crippen LogP contribution >= 0.6 is 11.6 Å². The van der Waals surface area contributed by atoms with Crippen molar-refractivity contribution in [3.8, 4) is 0 Å². The number of piperidine rings is 1. The van der Waals surface area contributed by atoms with Gasteiger partial charge in [0, 0.05) is 18.1 Å². The van der Waals surface area contributed by atoms with Crippen LogP contribution < -0.4 is 5.32 Å². The van der Waals surface area contributed by atoms with Crippen LogP contribution in [0.1, 0.15) is 44.7 Å². The number of sulfonamides is 1. The Morgan fingerprint density at radius 3 is 2.88 bits per heavy atom. The van der Waals surface area contributed by atoms with E-state index in [4.69, 9.17) is 11.6 Å². The molecule has 1 aliphatic rings. The van der Waals surface area contributed by atoms with Crippen molar-refractivity contribution in [2.75, 3.05) is 18.8 Å². The van der Waals surface area contributed by atoms with E-state index >= 15 is 0 Å². The van der Waals surface area contributed by atoms with Crippen molar-refractivity contribution < 1.29 is 13.2 Å². The molecule has 2 atom stereocenters. The molecule has 1 saturated heterocycles. The van der Waals surface area contributed by atoms with Gasteiger partial charge in [0.05, 0.1) is 17.7 Å². The summed E-state index contributed by atoms with van der Waals surface area (Å²) < 4.78 is 25.9. The summed E-state index contributed by atoms with van der Waals surface area (Å²) in [5.41, 5.74) is 0.933. The second-order valence-electron chi connectivity index (χ2n) is 6.30. The molecule has 1 aromatic rings. The second-order valence-corrected chi connectivity index (χ2v) is 8.82. The lowest BCUT2D eigenvalue weighted by Crippen LogP contribution is -2.46. The summed E-state index contributed by atoms with van der Waals surface area (Å²) >= 11 is 5.99. The Bertz CT molecular complexity index is 678. The number of carbonyl (C=O) groups is 1. The van der Waals surface area contributed by atoms with Crippen LogP contribution in [-0.2, 0) is 14.8 Å². The van der Waals surface area contributed by atoms with Gasteiger partial charge in [-0.1, -0.05) is 30.7 Å². The van der Waals surface area contributed by atoms with E-state index in [0.717, 1.165) is 5.56 Å². The molecule has 0 aliphatic carbocycles. The molecule has 0 radical (unpaired) electrons. The van der Waals surface area contributed by atoms with Gasteiger partial charge in [-0.3, -0.25) is 4.79 Å². The molecule has 134 valence electrons. The number of amides is 1. The van der Waals surface area contributed by atoms with E-state index in [1.807, 2.05) is 32.0 Å². The van der Waals surface area contributed by atoms with Gasteiger partial charge in [-0.15, -0.1) is 0 Å². The molecule has 0 aromatic heterocycles. The van der Waals surface area contributed by atoms with Gasteiger partial charge in [-0.25, -0.2) is 12.7 Å². The highest BCUT2D eigenvalue weighted by molar-refractivity contribution is 7.89. The summed E-state index contributed by atoms with van der Waals surface area (Å²) in [6, 6.07) is 7.21. The number of hydrogen-bond donors (Lipinski definition) is 1. The molecular formula is C17H25ClN2O3S. The topological polar surface area (TPSA) is 66.5 Å². The van der Waals surface area contributed by atoms with Crippen molar-refractivity contribution in [3.63, 3.8) is 0 Å². The first-order valence-corrected chi connectivity index (χ1v) is 10.4. The standard InChI is InChI=1S/C17H25ClN2O3S/c1-3-10-24(22,23)20-9-5-7-15(12-20)17(21)19-13(2)14-6-4-8-16(18)11-14/h4,6,8,11,13,15H,3,5,7,9-10,12H2,1-2H3,(H,19,21)/t13-,15-/m0/s1. The van der Waals surface area contributed by atoms with E-state index in [1.54, 1.807) is 6.07 Å². The van der Waals surface area contributed by atoms with E-state index in [1.165, 1.54) is 4.31 Å². The van der Waals surface area contributed by atoms with Crippen molar-refractivity contribution in [1.82, 2.24) is 9.62 Å². The number of rotatable bonds is 6. The van der Waals surface area contributed by atoms with Gasteiger partial charge in [0.15, 0.2) is 0 Å². The Kier molecular flexibility index (Phi) is 6.66. The Morgan fingerprint density at radius 1 is 1.46 bits per heavy atom. The van der Waals surface area contributed by atoms with Crippen molar-refractivity contribution in [1.29, 1.82) is 0 Å². The highest BCUT2D eigenvalue weighted by atomic mass is 35.5.